The monoisotopic (exact) mass is 382 g/mol. The van der Waals surface area contributed by atoms with Gasteiger partial charge in [0.2, 0.25) is 0 Å². The first-order valence-corrected chi connectivity index (χ1v) is 9.04. The molecule has 2 N–H and O–H groups in total. The molecule has 142 valence electrons. The Hall–Kier alpha value is -4.19. The van der Waals surface area contributed by atoms with Gasteiger partial charge in [0.25, 0.3) is 5.91 Å². The third-order valence-corrected chi connectivity index (χ3v) is 4.05. The van der Waals surface area contributed by atoms with Crippen molar-refractivity contribution in [2.24, 2.45) is 0 Å². The number of carbonyl (C=O) groups excluding carboxylic acids is 1. The van der Waals surface area contributed by atoms with Gasteiger partial charge < -0.3 is 15.4 Å². The van der Waals surface area contributed by atoms with Crippen LogP contribution in [0.2, 0.25) is 0 Å². The van der Waals surface area contributed by atoms with Gasteiger partial charge in [0.1, 0.15) is 17.3 Å². The number of hydrogen-bond donors (Lipinski definition) is 2. The zero-order valence-corrected chi connectivity index (χ0v) is 15.4. The Morgan fingerprint density at radius 3 is 2.21 bits per heavy atom. The van der Waals surface area contributed by atoms with Crippen LogP contribution in [0, 0.1) is 0 Å². The fourth-order valence-corrected chi connectivity index (χ4v) is 2.62. The number of nitrogens with one attached hydrogen (secondary N) is 2. The fourth-order valence-electron chi connectivity index (χ4n) is 2.62. The van der Waals surface area contributed by atoms with E-state index in [0.29, 0.717) is 11.4 Å². The van der Waals surface area contributed by atoms with Crippen molar-refractivity contribution < 1.29 is 9.53 Å². The molecule has 2 heterocycles. The number of para-hydroxylation sites is 1. The molecule has 0 radical (unpaired) electrons. The molecule has 0 atom stereocenters. The van der Waals surface area contributed by atoms with Crippen LogP contribution in [0.5, 0.6) is 11.5 Å². The molecule has 0 bridgehead atoms. The maximum atomic E-state index is 12.1. The van der Waals surface area contributed by atoms with E-state index in [1.165, 1.54) is 6.20 Å². The molecule has 0 aliphatic carbocycles. The van der Waals surface area contributed by atoms with Crippen molar-refractivity contribution in [3.63, 3.8) is 0 Å². The molecule has 2 aromatic heterocycles. The highest BCUT2D eigenvalue weighted by Crippen LogP contribution is 2.24. The van der Waals surface area contributed by atoms with Gasteiger partial charge in [0.15, 0.2) is 0 Å². The largest absolute Gasteiger partial charge is 0.457 e. The molecule has 0 aliphatic heterocycles. The summed E-state index contributed by atoms with van der Waals surface area (Å²) in [5.74, 6) is 1.77. The van der Waals surface area contributed by atoms with Crippen LogP contribution in [0.4, 0.5) is 17.2 Å². The average molecular weight is 382 g/mol. The van der Waals surface area contributed by atoms with Crippen LogP contribution < -0.4 is 15.4 Å². The van der Waals surface area contributed by atoms with Crippen molar-refractivity contribution in [3.05, 3.63) is 103 Å². The van der Waals surface area contributed by atoms with Crippen molar-refractivity contribution in [2.45, 2.75) is 0 Å². The van der Waals surface area contributed by atoms with Crippen LogP contribution in [0.3, 0.4) is 0 Å². The van der Waals surface area contributed by atoms with E-state index in [2.05, 4.69) is 20.6 Å². The predicted molar refractivity (Wildman–Crippen MR) is 113 cm³/mol. The van der Waals surface area contributed by atoms with E-state index in [0.717, 1.165) is 22.9 Å². The molecule has 0 spiro atoms. The van der Waals surface area contributed by atoms with Gasteiger partial charge in [-0.1, -0.05) is 18.2 Å². The van der Waals surface area contributed by atoms with Crippen molar-refractivity contribution in [3.8, 4) is 11.5 Å². The Balaban J connectivity index is 1.35. The first kappa shape index (κ1) is 18.2. The van der Waals surface area contributed by atoms with E-state index in [-0.39, 0.29) is 5.91 Å². The molecule has 4 aromatic rings. The Morgan fingerprint density at radius 2 is 1.52 bits per heavy atom. The molecule has 6 nitrogen and oxygen atoms in total. The number of nitrogens with zero attached hydrogens (tertiary/aromatic N) is 2. The Bertz CT molecular complexity index is 1070. The minimum atomic E-state index is -0.250. The number of ether oxygens (including phenoxy) is 1. The highest BCUT2D eigenvalue weighted by Gasteiger charge is 2.06. The third-order valence-electron chi connectivity index (χ3n) is 4.05. The number of carbonyl (C=O) groups is 1. The highest BCUT2D eigenvalue weighted by molar-refractivity contribution is 6.03. The van der Waals surface area contributed by atoms with E-state index in [9.17, 15) is 4.79 Å². The molecule has 2 aromatic carbocycles. The van der Waals surface area contributed by atoms with Gasteiger partial charge in [0.05, 0.1) is 17.4 Å². The second-order valence-corrected chi connectivity index (χ2v) is 6.19. The quantitative estimate of drug-likeness (QED) is 0.475. The Labute approximate surface area is 168 Å². The van der Waals surface area contributed by atoms with Crippen LogP contribution in [0.15, 0.2) is 97.5 Å². The van der Waals surface area contributed by atoms with Crippen LogP contribution >= 0.6 is 0 Å². The van der Waals surface area contributed by atoms with Crippen LogP contribution in [-0.4, -0.2) is 15.9 Å². The minimum Gasteiger partial charge on any atom is -0.457 e. The molecule has 1 amide bonds. The van der Waals surface area contributed by atoms with Crippen molar-refractivity contribution in [1.29, 1.82) is 0 Å². The molecule has 29 heavy (non-hydrogen) atoms. The lowest BCUT2D eigenvalue weighted by Crippen LogP contribution is -2.13. The van der Waals surface area contributed by atoms with E-state index in [4.69, 9.17) is 4.74 Å². The molecular weight excluding hydrogens is 364 g/mol. The van der Waals surface area contributed by atoms with Gasteiger partial charge in [0, 0.05) is 18.1 Å². The summed E-state index contributed by atoms with van der Waals surface area (Å²) >= 11 is 0. The lowest BCUT2D eigenvalue weighted by molar-refractivity contribution is 0.102. The predicted octanol–water partition coefficient (Wildman–Crippen LogP) is 5.26. The number of pyridine rings is 2. The average Bonchev–Trinajstić information content (AvgIpc) is 2.78. The summed E-state index contributed by atoms with van der Waals surface area (Å²) in [7, 11) is 0. The van der Waals surface area contributed by atoms with Crippen molar-refractivity contribution in [1.82, 2.24) is 9.97 Å². The normalized spacial score (nSPS) is 10.2. The summed E-state index contributed by atoms with van der Waals surface area (Å²) in [6.45, 7) is 0. The van der Waals surface area contributed by atoms with Crippen molar-refractivity contribution in [2.75, 3.05) is 10.6 Å². The number of anilines is 3. The van der Waals surface area contributed by atoms with Crippen LogP contribution in [0.25, 0.3) is 0 Å². The van der Waals surface area contributed by atoms with E-state index in [1.807, 2.05) is 60.7 Å². The van der Waals surface area contributed by atoms with E-state index >= 15 is 0 Å². The molecule has 0 unspecified atom stereocenters. The second kappa shape index (κ2) is 8.67. The number of aromatic nitrogens is 2. The standard InChI is InChI=1S/C23H18N4O2/c28-23(17-5-4-14-24-15-17)27-22-13-10-19(16-25-22)26-18-8-11-21(12-9-18)29-20-6-2-1-3-7-20/h1-16,26H,(H,25,27,28). The molecule has 6 heteroatoms. The third kappa shape index (κ3) is 4.95. The number of rotatable bonds is 6. The second-order valence-electron chi connectivity index (χ2n) is 6.19. The first-order chi connectivity index (χ1) is 14.3. The summed E-state index contributed by atoms with van der Waals surface area (Å²) < 4.78 is 5.79. The summed E-state index contributed by atoms with van der Waals surface area (Å²) in [5.41, 5.74) is 2.19. The fraction of sp³-hybridized carbons (Fsp3) is 0. The molecule has 0 aliphatic rings. The summed E-state index contributed by atoms with van der Waals surface area (Å²) in [4.78, 5) is 20.3. The summed E-state index contributed by atoms with van der Waals surface area (Å²) in [5, 5.41) is 6.01. The minimum absolute atomic E-state index is 0.250. The van der Waals surface area contributed by atoms with Crippen molar-refractivity contribution >= 4 is 23.1 Å². The highest BCUT2D eigenvalue weighted by atomic mass is 16.5. The SMILES string of the molecule is O=C(Nc1ccc(Nc2ccc(Oc3ccccc3)cc2)cn1)c1cccnc1. The van der Waals surface area contributed by atoms with Gasteiger partial charge in [-0.15, -0.1) is 0 Å². The molecule has 0 saturated heterocycles. The van der Waals surface area contributed by atoms with Crippen LogP contribution in [-0.2, 0) is 0 Å². The number of amides is 1. The maximum absolute atomic E-state index is 12.1. The van der Waals surface area contributed by atoms with Gasteiger partial charge in [-0.2, -0.15) is 0 Å². The molecule has 0 fully saturated rings. The smallest absolute Gasteiger partial charge is 0.258 e. The Kier molecular flexibility index (Phi) is 5.43. The lowest BCUT2D eigenvalue weighted by atomic mass is 10.2. The lowest BCUT2D eigenvalue weighted by Gasteiger charge is -2.09. The maximum Gasteiger partial charge on any atom is 0.258 e. The Morgan fingerprint density at radius 1 is 0.759 bits per heavy atom. The van der Waals surface area contributed by atoms with Gasteiger partial charge >= 0.3 is 0 Å². The topological polar surface area (TPSA) is 76.1 Å². The molecule has 0 saturated carbocycles. The van der Waals surface area contributed by atoms with Gasteiger partial charge in [-0.25, -0.2) is 4.98 Å². The van der Waals surface area contributed by atoms with E-state index in [1.54, 1.807) is 30.6 Å². The van der Waals surface area contributed by atoms with E-state index < -0.39 is 0 Å². The number of hydrogen-bond acceptors (Lipinski definition) is 5. The van der Waals surface area contributed by atoms with Crippen LogP contribution in [0.1, 0.15) is 10.4 Å². The molecule has 4 rings (SSSR count). The summed E-state index contributed by atoms with van der Waals surface area (Å²) in [6.07, 6.45) is 4.79. The zero-order valence-electron chi connectivity index (χ0n) is 15.4. The summed E-state index contributed by atoms with van der Waals surface area (Å²) in [6, 6.07) is 24.3. The first-order valence-electron chi connectivity index (χ1n) is 9.04. The van der Waals surface area contributed by atoms with Gasteiger partial charge in [-0.05, 0) is 60.7 Å². The zero-order chi connectivity index (χ0) is 19.9. The van der Waals surface area contributed by atoms with Gasteiger partial charge in [-0.3, -0.25) is 9.78 Å². The number of benzene rings is 2. The molecular formula is C23H18N4O2.